The number of hydrogen-bond acceptors (Lipinski definition) is 11. The van der Waals surface area contributed by atoms with Gasteiger partial charge in [-0.2, -0.15) is 0 Å². The van der Waals surface area contributed by atoms with Gasteiger partial charge in [0.1, 0.15) is 11.3 Å². The van der Waals surface area contributed by atoms with Crippen molar-refractivity contribution in [3.63, 3.8) is 0 Å². The number of para-hydroxylation sites is 1. The molecule has 0 bridgehead atoms. The standard InChI is InChI=1S/C47H54N8O7Si/c1-32-43(63(3,4)39-17-15-38(61-2)16-18-39)42(20-26-51-30-34(21-27-56)49-50-51)62-47(32)40-28-37(55(59)60)14-19-41(40)52(45(47)58)29-33-10-12-35(13-11-33)53-31-54(36-8-6-5-7-9-36)46(44(53)57)22-24-48-25-23-46/h5-19,28,30,32,42-43,48,56H,20-27,29,31H2,1-4H3/t32-,42+,43-,47+/m1/s1. The summed E-state index contributed by atoms with van der Waals surface area (Å²) in [5.74, 6) is 0.206. The third-order valence-electron chi connectivity index (χ3n) is 14.2. The van der Waals surface area contributed by atoms with Gasteiger partial charge in [0.2, 0.25) is 0 Å². The molecule has 0 aliphatic carbocycles. The lowest BCUT2D eigenvalue weighted by Crippen LogP contribution is -2.55. The van der Waals surface area contributed by atoms with Gasteiger partial charge in [-0.1, -0.05) is 72.9 Å². The van der Waals surface area contributed by atoms with E-state index in [-0.39, 0.29) is 42.1 Å². The summed E-state index contributed by atoms with van der Waals surface area (Å²) in [6.07, 6.45) is 3.73. The van der Waals surface area contributed by atoms with Gasteiger partial charge in [-0.3, -0.25) is 29.3 Å². The van der Waals surface area contributed by atoms with Gasteiger partial charge in [-0.05, 0) is 85.9 Å². The number of nitro benzene ring substituents is 1. The van der Waals surface area contributed by atoms with E-state index in [1.807, 2.05) is 65.7 Å². The molecule has 1 aromatic heterocycles. The number of rotatable bonds is 13. The number of aromatic nitrogens is 3. The minimum absolute atomic E-state index is 0.0349. The summed E-state index contributed by atoms with van der Waals surface area (Å²) >= 11 is 0. The summed E-state index contributed by atoms with van der Waals surface area (Å²) in [5, 5.41) is 34.9. The van der Waals surface area contributed by atoms with Crippen LogP contribution in [0.5, 0.6) is 5.75 Å². The number of aliphatic hydroxyl groups is 1. The molecule has 2 spiro atoms. The fourth-order valence-corrected chi connectivity index (χ4v) is 15.0. The van der Waals surface area contributed by atoms with E-state index in [1.165, 1.54) is 17.3 Å². The van der Waals surface area contributed by atoms with Crippen molar-refractivity contribution >= 4 is 47.8 Å². The molecule has 4 aliphatic rings. The number of hydrogen-bond donors (Lipinski definition) is 2. The number of aliphatic hydroxyl groups excluding tert-OH is 1. The van der Waals surface area contributed by atoms with Crippen molar-refractivity contribution in [1.29, 1.82) is 0 Å². The predicted molar refractivity (Wildman–Crippen MR) is 242 cm³/mol. The Morgan fingerprint density at radius 3 is 2.38 bits per heavy atom. The minimum Gasteiger partial charge on any atom is -0.497 e. The Morgan fingerprint density at radius 1 is 0.968 bits per heavy atom. The van der Waals surface area contributed by atoms with Gasteiger partial charge in [0.05, 0.1) is 50.8 Å². The number of nitrogens with one attached hydrogen (secondary N) is 1. The quantitative estimate of drug-likeness (QED) is 0.0870. The van der Waals surface area contributed by atoms with Crippen LogP contribution in [-0.4, -0.2) is 90.0 Å². The summed E-state index contributed by atoms with van der Waals surface area (Å²) in [7, 11) is -0.859. The summed E-state index contributed by atoms with van der Waals surface area (Å²) in [5.41, 5.74) is 2.05. The van der Waals surface area contributed by atoms with Gasteiger partial charge in [0, 0.05) is 60.8 Å². The number of ether oxygens (including phenoxy) is 2. The molecule has 3 saturated heterocycles. The van der Waals surface area contributed by atoms with Crippen LogP contribution in [0.3, 0.4) is 0 Å². The second-order valence-corrected chi connectivity index (χ2v) is 22.5. The number of amides is 2. The first-order valence-corrected chi connectivity index (χ1v) is 24.9. The first kappa shape index (κ1) is 42.4. The van der Waals surface area contributed by atoms with E-state index in [0.29, 0.717) is 55.8 Å². The Hall–Kier alpha value is -5.94. The van der Waals surface area contributed by atoms with E-state index in [1.54, 1.807) is 22.8 Å². The maximum absolute atomic E-state index is 15.4. The van der Waals surface area contributed by atoms with Crippen LogP contribution >= 0.6 is 0 Å². The Morgan fingerprint density at radius 2 is 1.70 bits per heavy atom. The summed E-state index contributed by atoms with van der Waals surface area (Å²) in [4.78, 5) is 47.6. The van der Waals surface area contributed by atoms with Crippen LogP contribution in [0.4, 0.5) is 22.7 Å². The largest absolute Gasteiger partial charge is 0.497 e. The summed E-state index contributed by atoms with van der Waals surface area (Å²) in [6.45, 7) is 9.23. The molecular weight excluding hydrogens is 817 g/mol. The molecule has 16 heteroatoms. The lowest BCUT2D eigenvalue weighted by molar-refractivity contribution is -0.385. The van der Waals surface area contributed by atoms with E-state index in [9.17, 15) is 20.0 Å². The lowest BCUT2D eigenvalue weighted by atomic mass is 9.82. The molecule has 15 nitrogen and oxygen atoms in total. The number of anilines is 3. The van der Waals surface area contributed by atoms with Crippen molar-refractivity contribution in [3.05, 3.63) is 130 Å². The van der Waals surface area contributed by atoms with Crippen LogP contribution in [0.15, 0.2) is 103 Å². The maximum atomic E-state index is 15.4. The van der Waals surface area contributed by atoms with Gasteiger partial charge in [0.25, 0.3) is 17.5 Å². The van der Waals surface area contributed by atoms with Gasteiger partial charge in [-0.25, -0.2) is 0 Å². The normalized spacial score (nSPS) is 23.0. The molecule has 5 heterocycles. The van der Waals surface area contributed by atoms with Gasteiger partial charge < -0.3 is 29.7 Å². The smallest absolute Gasteiger partial charge is 0.269 e. The molecule has 3 fully saturated rings. The number of piperidine rings is 1. The minimum atomic E-state index is -2.50. The lowest BCUT2D eigenvalue weighted by Gasteiger charge is -2.39. The second-order valence-electron chi connectivity index (χ2n) is 17.8. The van der Waals surface area contributed by atoms with E-state index < -0.39 is 30.2 Å². The van der Waals surface area contributed by atoms with E-state index >= 15 is 4.79 Å². The van der Waals surface area contributed by atoms with Gasteiger partial charge >= 0.3 is 0 Å². The number of non-ortho nitro benzene ring substituents is 1. The number of methoxy groups -OCH3 is 1. The number of benzene rings is 4. The van der Waals surface area contributed by atoms with Crippen molar-refractivity contribution in [2.75, 3.05) is 48.2 Å². The highest BCUT2D eigenvalue weighted by Gasteiger charge is 2.66. The highest BCUT2D eigenvalue weighted by atomic mass is 28.3. The molecular formula is C47H54N8O7Si. The SMILES string of the molecule is COc1ccc([Si](C)(C)[C@H]2[C@H](CCn3cc(CCO)nn3)O[C@@]3(C(=O)N(Cc4ccc(N5CN(c6ccccc6)C6(CCNCC6)C5=O)cc4)c4ccc([N+](=O)[O-])cc43)[C@@H]2C)cc1. The summed E-state index contributed by atoms with van der Waals surface area (Å²) < 4.78 is 14.5. The maximum Gasteiger partial charge on any atom is 0.269 e. The van der Waals surface area contributed by atoms with Gasteiger partial charge in [0.15, 0.2) is 5.60 Å². The fourth-order valence-electron chi connectivity index (χ4n) is 10.9. The van der Waals surface area contributed by atoms with Crippen LogP contribution in [0, 0.1) is 16.0 Å². The zero-order chi connectivity index (χ0) is 44.1. The first-order chi connectivity index (χ1) is 30.4. The molecule has 2 amide bonds. The first-order valence-electron chi connectivity index (χ1n) is 21.8. The van der Waals surface area contributed by atoms with E-state index in [4.69, 9.17) is 9.47 Å². The molecule has 5 aromatic rings. The average Bonchev–Trinajstić information content (AvgIpc) is 4.02. The highest BCUT2D eigenvalue weighted by Crippen LogP contribution is 2.60. The molecule has 0 unspecified atom stereocenters. The fraction of sp³-hybridized carbons (Fsp3) is 0.404. The van der Waals surface area contributed by atoms with Crippen molar-refractivity contribution in [3.8, 4) is 5.75 Å². The van der Waals surface area contributed by atoms with Gasteiger partial charge in [-0.15, -0.1) is 5.10 Å². The predicted octanol–water partition coefficient (Wildman–Crippen LogP) is 5.52. The van der Waals surface area contributed by atoms with Crippen LogP contribution in [0.1, 0.15) is 43.0 Å². The monoisotopic (exact) mass is 870 g/mol. The van der Waals surface area contributed by atoms with Crippen molar-refractivity contribution in [1.82, 2.24) is 20.3 Å². The van der Waals surface area contributed by atoms with Crippen LogP contribution in [0.25, 0.3) is 0 Å². The Balaban J connectivity index is 1.05. The number of nitro groups is 1. The van der Waals surface area contributed by atoms with Crippen molar-refractivity contribution < 1.29 is 29.1 Å². The molecule has 4 aromatic carbocycles. The van der Waals surface area contributed by atoms with E-state index in [2.05, 4.69) is 64.8 Å². The zero-order valence-electron chi connectivity index (χ0n) is 36.1. The Kier molecular flexibility index (Phi) is 11.2. The zero-order valence-corrected chi connectivity index (χ0v) is 37.1. The molecule has 0 radical (unpaired) electrons. The highest BCUT2D eigenvalue weighted by molar-refractivity contribution is 6.91. The molecule has 328 valence electrons. The Labute approximate surface area is 367 Å². The van der Waals surface area contributed by atoms with Crippen molar-refractivity contribution in [2.24, 2.45) is 5.92 Å². The summed E-state index contributed by atoms with van der Waals surface area (Å²) in [6, 6.07) is 30.7. The third kappa shape index (κ3) is 7.18. The number of carbonyl (C=O) groups is 2. The number of carbonyl (C=O) groups excluding carboxylic acids is 2. The second kappa shape index (κ2) is 16.6. The van der Waals surface area contributed by atoms with E-state index in [0.717, 1.165) is 35.8 Å². The molecule has 63 heavy (non-hydrogen) atoms. The average molecular weight is 871 g/mol. The third-order valence-corrected chi connectivity index (χ3v) is 18.5. The van der Waals surface area contributed by atoms with Crippen LogP contribution in [0.2, 0.25) is 18.6 Å². The number of aryl methyl sites for hydroxylation is 1. The number of fused-ring (bicyclic) bond motifs is 2. The number of nitrogens with zero attached hydrogens (tertiary/aromatic N) is 7. The van der Waals surface area contributed by atoms with Crippen molar-refractivity contribution in [2.45, 2.75) is 81.6 Å². The topological polar surface area (TPSA) is 168 Å². The van der Waals surface area contributed by atoms with Crippen LogP contribution < -0.4 is 29.9 Å². The van der Waals surface area contributed by atoms with Crippen LogP contribution in [-0.2, 0) is 39.4 Å². The molecule has 4 atom stereocenters. The Bertz CT molecular complexity index is 2500. The molecule has 2 N–H and O–H groups in total. The molecule has 4 aliphatic heterocycles. The molecule has 0 saturated carbocycles. The molecule has 9 rings (SSSR count).